The summed E-state index contributed by atoms with van der Waals surface area (Å²) in [5.74, 6) is -0.0467. The molecule has 1 fully saturated rings. The lowest BCUT2D eigenvalue weighted by molar-refractivity contribution is -0.116. The van der Waals surface area contributed by atoms with Gasteiger partial charge in [-0.15, -0.1) is 0 Å². The Bertz CT molecular complexity index is 458. The van der Waals surface area contributed by atoms with Gasteiger partial charge in [-0.25, -0.2) is 5.43 Å². The minimum Gasteiger partial charge on any atom is -0.287 e. The van der Waals surface area contributed by atoms with Crippen molar-refractivity contribution in [1.82, 2.24) is 10.9 Å². The molecule has 0 spiro atoms. The van der Waals surface area contributed by atoms with Crippen LogP contribution in [0.25, 0.3) is 6.08 Å². The summed E-state index contributed by atoms with van der Waals surface area (Å²) in [6.07, 6.45) is 2.97. The first kappa shape index (κ1) is 11.9. The van der Waals surface area contributed by atoms with Gasteiger partial charge in [0.05, 0.1) is 5.54 Å². The summed E-state index contributed by atoms with van der Waals surface area (Å²) >= 11 is 0. The van der Waals surface area contributed by atoms with Crippen molar-refractivity contribution in [3.05, 3.63) is 41.0 Å². The zero-order chi connectivity index (χ0) is 12.5. The number of hydrogen-bond donors (Lipinski definition) is 2. The first-order valence-electron chi connectivity index (χ1n) is 5.91. The van der Waals surface area contributed by atoms with Crippen molar-refractivity contribution in [2.75, 3.05) is 0 Å². The lowest BCUT2D eigenvalue weighted by atomic mass is 9.94. The van der Waals surface area contributed by atoms with E-state index in [1.165, 1.54) is 5.56 Å². The molecule has 0 saturated carbocycles. The van der Waals surface area contributed by atoms with Gasteiger partial charge in [0, 0.05) is 5.57 Å². The second-order valence-corrected chi connectivity index (χ2v) is 4.86. The summed E-state index contributed by atoms with van der Waals surface area (Å²) in [7, 11) is 0. The molecule has 2 rings (SSSR count). The van der Waals surface area contributed by atoms with Gasteiger partial charge < -0.3 is 0 Å². The molecule has 1 heterocycles. The average Bonchev–Trinajstić information content (AvgIpc) is 2.57. The highest BCUT2D eigenvalue weighted by atomic mass is 16.2. The van der Waals surface area contributed by atoms with Crippen LogP contribution in [0.1, 0.15) is 31.9 Å². The van der Waals surface area contributed by atoms with E-state index < -0.39 is 0 Å². The molecule has 1 aromatic carbocycles. The third-order valence-electron chi connectivity index (χ3n) is 3.11. The van der Waals surface area contributed by atoms with Gasteiger partial charge in [0.25, 0.3) is 5.91 Å². The van der Waals surface area contributed by atoms with Crippen LogP contribution >= 0.6 is 0 Å². The van der Waals surface area contributed by atoms with Gasteiger partial charge in [0.1, 0.15) is 0 Å². The molecule has 0 bridgehead atoms. The van der Waals surface area contributed by atoms with E-state index in [2.05, 4.69) is 29.9 Å². The molecule has 1 aromatic rings. The van der Waals surface area contributed by atoms with Crippen LogP contribution in [0.15, 0.2) is 29.8 Å². The van der Waals surface area contributed by atoms with Crippen LogP contribution in [-0.4, -0.2) is 11.4 Å². The van der Waals surface area contributed by atoms with E-state index in [4.69, 9.17) is 0 Å². The minimum absolute atomic E-state index is 0.0467. The highest BCUT2D eigenvalue weighted by Gasteiger charge is 2.34. The average molecular weight is 230 g/mol. The maximum absolute atomic E-state index is 11.7. The summed E-state index contributed by atoms with van der Waals surface area (Å²) in [5.41, 5.74) is 8.43. The van der Waals surface area contributed by atoms with E-state index in [0.717, 1.165) is 17.6 Å². The summed E-state index contributed by atoms with van der Waals surface area (Å²) < 4.78 is 0. The SMILES string of the molecule is CCc1ccc(/C=C2\C(=O)NNC2(C)C)cc1. The van der Waals surface area contributed by atoms with Crippen molar-refractivity contribution in [1.29, 1.82) is 0 Å². The summed E-state index contributed by atoms with van der Waals surface area (Å²) in [5, 5.41) is 0. The van der Waals surface area contributed by atoms with Crippen LogP contribution < -0.4 is 10.9 Å². The molecule has 2 N–H and O–H groups in total. The first-order valence-corrected chi connectivity index (χ1v) is 5.91. The lowest BCUT2D eigenvalue weighted by Crippen LogP contribution is -2.38. The van der Waals surface area contributed by atoms with Crippen LogP contribution in [0, 0.1) is 0 Å². The fourth-order valence-corrected chi connectivity index (χ4v) is 1.89. The molecule has 17 heavy (non-hydrogen) atoms. The van der Waals surface area contributed by atoms with E-state index in [0.29, 0.717) is 0 Å². The fraction of sp³-hybridized carbons (Fsp3) is 0.357. The third kappa shape index (κ3) is 2.39. The number of hydrazine groups is 1. The first-order chi connectivity index (χ1) is 8.03. The van der Waals surface area contributed by atoms with E-state index in [-0.39, 0.29) is 11.4 Å². The van der Waals surface area contributed by atoms with Crippen molar-refractivity contribution >= 4 is 12.0 Å². The molecular weight excluding hydrogens is 212 g/mol. The number of aryl methyl sites for hydroxylation is 1. The summed E-state index contributed by atoms with van der Waals surface area (Å²) in [4.78, 5) is 11.7. The number of amides is 1. The molecule has 0 atom stereocenters. The standard InChI is InChI=1S/C14H18N2O/c1-4-10-5-7-11(8-6-10)9-12-13(17)15-16-14(12,2)3/h5-9,16H,4H2,1-3H3,(H,15,17)/b12-9+. The molecule has 1 aliphatic heterocycles. The maximum atomic E-state index is 11.7. The minimum atomic E-state index is -0.319. The Morgan fingerprint density at radius 1 is 1.24 bits per heavy atom. The fourth-order valence-electron chi connectivity index (χ4n) is 1.89. The van der Waals surface area contributed by atoms with Crippen LogP contribution in [0.4, 0.5) is 0 Å². The van der Waals surface area contributed by atoms with Crippen molar-refractivity contribution in [2.24, 2.45) is 0 Å². The van der Waals surface area contributed by atoms with Gasteiger partial charge in [-0.05, 0) is 37.5 Å². The quantitative estimate of drug-likeness (QED) is 0.763. The predicted molar refractivity (Wildman–Crippen MR) is 69.2 cm³/mol. The Morgan fingerprint density at radius 2 is 1.88 bits per heavy atom. The molecule has 3 heteroatoms. The second-order valence-electron chi connectivity index (χ2n) is 4.86. The number of nitrogens with one attached hydrogen (secondary N) is 2. The van der Waals surface area contributed by atoms with Gasteiger partial charge in [-0.2, -0.15) is 0 Å². The van der Waals surface area contributed by atoms with Gasteiger partial charge in [0.15, 0.2) is 0 Å². The molecular formula is C14H18N2O. The predicted octanol–water partition coefficient (Wildman–Crippen LogP) is 2.05. The van der Waals surface area contributed by atoms with Gasteiger partial charge in [0.2, 0.25) is 0 Å². The van der Waals surface area contributed by atoms with E-state index in [9.17, 15) is 4.79 Å². The summed E-state index contributed by atoms with van der Waals surface area (Å²) in [6, 6.07) is 8.29. The van der Waals surface area contributed by atoms with Crippen molar-refractivity contribution in [3.63, 3.8) is 0 Å². The Hall–Kier alpha value is -1.61. The molecule has 0 unspecified atom stereocenters. The third-order valence-corrected chi connectivity index (χ3v) is 3.11. The number of carbonyl (C=O) groups excluding carboxylic acids is 1. The number of benzene rings is 1. The lowest BCUT2D eigenvalue weighted by Gasteiger charge is -2.16. The van der Waals surface area contributed by atoms with E-state index in [1.807, 2.05) is 32.1 Å². The maximum Gasteiger partial charge on any atom is 0.263 e. The molecule has 0 radical (unpaired) electrons. The zero-order valence-corrected chi connectivity index (χ0v) is 10.5. The van der Waals surface area contributed by atoms with Crippen molar-refractivity contribution < 1.29 is 4.79 Å². The highest BCUT2D eigenvalue weighted by molar-refractivity contribution is 6.01. The highest BCUT2D eigenvalue weighted by Crippen LogP contribution is 2.22. The van der Waals surface area contributed by atoms with Crippen molar-refractivity contribution in [3.8, 4) is 0 Å². The zero-order valence-electron chi connectivity index (χ0n) is 10.5. The Balaban J connectivity index is 2.31. The number of hydrogen-bond acceptors (Lipinski definition) is 2. The van der Waals surface area contributed by atoms with Crippen LogP contribution in [0.3, 0.4) is 0 Å². The topological polar surface area (TPSA) is 41.1 Å². The normalized spacial score (nSPS) is 20.6. The second kappa shape index (κ2) is 4.34. The smallest absolute Gasteiger partial charge is 0.263 e. The molecule has 0 aliphatic carbocycles. The molecule has 1 saturated heterocycles. The van der Waals surface area contributed by atoms with Crippen molar-refractivity contribution in [2.45, 2.75) is 32.7 Å². The molecule has 1 aliphatic rings. The molecule has 0 aromatic heterocycles. The van der Waals surface area contributed by atoms with Crippen LogP contribution in [0.2, 0.25) is 0 Å². The Kier molecular flexibility index (Phi) is 3.03. The van der Waals surface area contributed by atoms with Gasteiger partial charge >= 0.3 is 0 Å². The Labute approximate surface area is 102 Å². The van der Waals surface area contributed by atoms with Gasteiger partial charge in [-0.1, -0.05) is 31.2 Å². The largest absolute Gasteiger partial charge is 0.287 e. The molecule has 1 amide bonds. The van der Waals surface area contributed by atoms with E-state index in [1.54, 1.807) is 0 Å². The number of rotatable bonds is 2. The molecule has 3 nitrogen and oxygen atoms in total. The summed E-state index contributed by atoms with van der Waals surface area (Å²) in [6.45, 7) is 6.10. The number of carbonyl (C=O) groups is 1. The van der Waals surface area contributed by atoms with E-state index >= 15 is 0 Å². The van der Waals surface area contributed by atoms with Crippen LogP contribution in [-0.2, 0) is 11.2 Å². The van der Waals surface area contributed by atoms with Crippen LogP contribution in [0.5, 0.6) is 0 Å². The van der Waals surface area contributed by atoms with Gasteiger partial charge in [-0.3, -0.25) is 10.2 Å². The monoisotopic (exact) mass is 230 g/mol. The molecule has 90 valence electrons. The Morgan fingerprint density at radius 3 is 2.35 bits per heavy atom.